The van der Waals surface area contributed by atoms with E-state index in [2.05, 4.69) is 59.6 Å². The van der Waals surface area contributed by atoms with Gasteiger partial charge in [-0.3, -0.25) is 0 Å². The third-order valence-corrected chi connectivity index (χ3v) is 3.67. The number of rotatable bonds is 2. The highest BCUT2D eigenvalue weighted by Crippen LogP contribution is 2.26. The second-order valence-electron chi connectivity index (χ2n) is 4.15. The zero-order chi connectivity index (χ0) is 12.4. The zero-order valence-electron chi connectivity index (χ0n) is 10.1. The fourth-order valence-corrected chi connectivity index (χ4v) is 2.48. The highest BCUT2D eigenvalue weighted by atomic mass is 32.2. The number of aromatic nitrogens is 1. The summed E-state index contributed by atoms with van der Waals surface area (Å²) in [5.41, 5.74) is 2.46. The van der Waals surface area contributed by atoms with Crippen LogP contribution in [0.25, 0.3) is 21.9 Å². The Bertz CT molecular complexity index is 691. The van der Waals surface area contributed by atoms with Gasteiger partial charge in [0.2, 0.25) is 0 Å². The fraction of sp³-hybridized carbons (Fsp3) is 0.0625. The molecule has 0 spiro atoms. The maximum atomic E-state index is 4.31. The van der Waals surface area contributed by atoms with Gasteiger partial charge in [0.15, 0.2) is 0 Å². The Labute approximate surface area is 111 Å². The van der Waals surface area contributed by atoms with E-state index in [1.54, 1.807) is 11.8 Å². The maximum Gasteiger partial charge on any atom is 0.0963 e. The van der Waals surface area contributed by atoms with Crippen molar-refractivity contribution in [3.63, 3.8) is 0 Å². The minimum Gasteiger partial charge on any atom is -0.250 e. The Morgan fingerprint density at radius 3 is 2.44 bits per heavy atom. The van der Waals surface area contributed by atoms with E-state index in [-0.39, 0.29) is 0 Å². The Balaban J connectivity index is 2.13. The molecule has 3 rings (SSSR count). The predicted octanol–water partition coefficient (Wildman–Crippen LogP) is 4.62. The van der Waals surface area contributed by atoms with E-state index in [1.165, 1.54) is 21.9 Å². The lowest BCUT2D eigenvalue weighted by atomic mass is 10.0. The first kappa shape index (κ1) is 11.3. The summed E-state index contributed by atoms with van der Waals surface area (Å²) in [6, 6.07) is 19.2. The predicted molar refractivity (Wildman–Crippen MR) is 79.0 cm³/mol. The summed E-state index contributed by atoms with van der Waals surface area (Å²) in [6.07, 6.45) is 3.92. The van der Waals surface area contributed by atoms with Gasteiger partial charge in [-0.15, -0.1) is 11.8 Å². The van der Waals surface area contributed by atoms with Crippen LogP contribution >= 0.6 is 11.8 Å². The van der Waals surface area contributed by atoms with Crippen molar-refractivity contribution in [1.29, 1.82) is 0 Å². The number of pyridine rings is 1. The van der Waals surface area contributed by atoms with Gasteiger partial charge in [-0.1, -0.05) is 36.4 Å². The molecule has 1 nitrogen and oxygen atoms in total. The largest absolute Gasteiger partial charge is 0.250 e. The summed E-state index contributed by atoms with van der Waals surface area (Å²) in [7, 11) is 0. The van der Waals surface area contributed by atoms with Crippen LogP contribution in [0.4, 0.5) is 0 Å². The van der Waals surface area contributed by atoms with Gasteiger partial charge in [0.1, 0.15) is 0 Å². The third-order valence-electron chi connectivity index (χ3n) is 3.03. The summed E-state index contributed by atoms with van der Waals surface area (Å²) in [6.45, 7) is 0. The quantitative estimate of drug-likeness (QED) is 0.616. The molecule has 0 aliphatic heterocycles. The fourth-order valence-electron chi connectivity index (χ4n) is 2.07. The SMILES string of the molecule is CSc1cc(-c2ccc3ccccc3c2)ccn1. The van der Waals surface area contributed by atoms with Crippen LogP contribution in [0.1, 0.15) is 0 Å². The average Bonchev–Trinajstić information content (AvgIpc) is 2.47. The standard InChI is InChI=1S/C16H13NS/c1-18-16-11-15(8-9-17-16)14-7-6-12-4-2-3-5-13(12)10-14/h2-11H,1H3. The summed E-state index contributed by atoms with van der Waals surface area (Å²) in [5, 5.41) is 3.61. The average molecular weight is 251 g/mol. The molecule has 0 saturated heterocycles. The smallest absolute Gasteiger partial charge is 0.0963 e. The van der Waals surface area contributed by atoms with Crippen LogP contribution in [-0.4, -0.2) is 11.2 Å². The molecule has 2 heteroatoms. The number of hydrogen-bond acceptors (Lipinski definition) is 2. The molecule has 0 amide bonds. The molecule has 0 aliphatic rings. The number of fused-ring (bicyclic) bond motifs is 1. The normalized spacial score (nSPS) is 10.7. The van der Waals surface area contributed by atoms with Crippen LogP contribution in [0.5, 0.6) is 0 Å². The zero-order valence-corrected chi connectivity index (χ0v) is 10.9. The molecule has 0 atom stereocenters. The van der Waals surface area contributed by atoms with E-state index in [1.807, 2.05) is 12.5 Å². The van der Waals surface area contributed by atoms with E-state index in [0.29, 0.717) is 0 Å². The number of hydrogen-bond donors (Lipinski definition) is 0. The van der Waals surface area contributed by atoms with Gasteiger partial charge in [0.25, 0.3) is 0 Å². The van der Waals surface area contributed by atoms with Crippen LogP contribution in [-0.2, 0) is 0 Å². The van der Waals surface area contributed by atoms with Gasteiger partial charge in [-0.2, -0.15) is 0 Å². The lowest BCUT2D eigenvalue weighted by molar-refractivity contribution is 1.14. The van der Waals surface area contributed by atoms with Crippen molar-refractivity contribution in [2.45, 2.75) is 5.03 Å². The summed E-state index contributed by atoms with van der Waals surface area (Å²) < 4.78 is 0. The van der Waals surface area contributed by atoms with Gasteiger partial charge in [-0.25, -0.2) is 4.98 Å². The van der Waals surface area contributed by atoms with Crippen molar-refractivity contribution >= 4 is 22.5 Å². The Hall–Kier alpha value is -1.80. The number of benzene rings is 2. The topological polar surface area (TPSA) is 12.9 Å². The van der Waals surface area contributed by atoms with E-state index >= 15 is 0 Å². The minimum atomic E-state index is 1.06. The molecule has 0 saturated carbocycles. The van der Waals surface area contributed by atoms with E-state index in [9.17, 15) is 0 Å². The molecule has 0 fully saturated rings. The molecular weight excluding hydrogens is 238 g/mol. The van der Waals surface area contributed by atoms with E-state index in [0.717, 1.165) is 5.03 Å². The molecule has 1 aromatic heterocycles. The molecule has 3 aromatic rings. The van der Waals surface area contributed by atoms with Crippen molar-refractivity contribution in [2.75, 3.05) is 6.26 Å². The van der Waals surface area contributed by atoms with Crippen LogP contribution in [0.2, 0.25) is 0 Å². The van der Waals surface area contributed by atoms with E-state index < -0.39 is 0 Å². The van der Waals surface area contributed by atoms with Crippen molar-refractivity contribution in [3.8, 4) is 11.1 Å². The van der Waals surface area contributed by atoms with Gasteiger partial charge >= 0.3 is 0 Å². The van der Waals surface area contributed by atoms with Gasteiger partial charge in [0, 0.05) is 6.20 Å². The second kappa shape index (κ2) is 4.83. The van der Waals surface area contributed by atoms with Crippen molar-refractivity contribution in [2.24, 2.45) is 0 Å². The molecule has 2 aromatic carbocycles. The Morgan fingerprint density at radius 1 is 0.833 bits per heavy atom. The lowest BCUT2D eigenvalue weighted by Crippen LogP contribution is -1.82. The first-order valence-electron chi connectivity index (χ1n) is 5.86. The van der Waals surface area contributed by atoms with Gasteiger partial charge < -0.3 is 0 Å². The van der Waals surface area contributed by atoms with Gasteiger partial charge in [0.05, 0.1) is 5.03 Å². The summed E-state index contributed by atoms with van der Waals surface area (Å²) in [5.74, 6) is 0. The van der Waals surface area contributed by atoms with Crippen molar-refractivity contribution < 1.29 is 0 Å². The molecule has 18 heavy (non-hydrogen) atoms. The highest BCUT2D eigenvalue weighted by Gasteiger charge is 2.01. The molecule has 1 heterocycles. The number of nitrogens with zero attached hydrogens (tertiary/aromatic N) is 1. The Morgan fingerprint density at radius 2 is 1.61 bits per heavy atom. The Kier molecular flexibility index (Phi) is 3.03. The van der Waals surface area contributed by atoms with Crippen LogP contribution in [0, 0.1) is 0 Å². The van der Waals surface area contributed by atoms with Crippen LogP contribution in [0.3, 0.4) is 0 Å². The van der Waals surface area contributed by atoms with Crippen molar-refractivity contribution in [3.05, 3.63) is 60.8 Å². The molecule has 0 unspecified atom stereocenters. The van der Waals surface area contributed by atoms with Crippen LogP contribution in [0.15, 0.2) is 65.8 Å². The highest BCUT2D eigenvalue weighted by molar-refractivity contribution is 7.98. The first-order chi connectivity index (χ1) is 8.86. The number of thioether (sulfide) groups is 1. The molecule has 0 N–H and O–H groups in total. The van der Waals surface area contributed by atoms with Crippen LogP contribution < -0.4 is 0 Å². The lowest BCUT2D eigenvalue weighted by Gasteiger charge is -2.05. The molecule has 0 radical (unpaired) electrons. The molecular formula is C16H13NS. The minimum absolute atomic E-state index is 1.06. The third kappa shape index (κ3) is 2.12. The molecule has 0 aliphatic carbocycles. The maximum absolute atomic E-state index is 4.31. The first-order valence-corrected chi connectivity index (χ1v) is 7.08. The monoisotopic (exact) mass is 251 g/mol. The van der Waals surface area contributed by atoms with E-state index in [4.69, 9.17) is 0 Å². The van der Waals surface area contributed by atoms with Crippen molar-refractivity contribution in [1.82, 2.24) is 4.98 Å². The second-order valence-corrected chi connectivity index (χ2v) is 4.98. The molecule has 0 bridgehead atoms. The van der Waals surface area contributed by atoms with Gasteiger partial charge in [-0.05, 0) is 46.4 Å². The summed E-state index contributed by atoms with van der Waals surface area (Å²) >= 11 is 1.67. The molecule has 88 valence electrons. The summed E-state index contributed by atoms with van der Waals surface area (Å²) in [4.78, 5) is 4.31.